The molecular formula is C65H42N6Si. The summed E-state index contributed by atoms with van der Waals surface area (Å²) in [7, 11) is -2.78. The summed E-state index contributed by atoms with van der Waals surface area (Å²) in [5, 5.41) is 12.0. The average Bonchev–Trinajstić information content (AvgIpc) is 4.09. The lowest BCUT2D eigenvalue weighted by Crippen LogP contribution is -2.74. The van der Waals surface area contributed by atoms with E-state index in [1.54, 1.807) is 0 Å². The molecule has 4 heterocycles. The van der Waals surface area contributed by atoms with Gasteiger partial charge in [-0.15, -0.1) is 0 Å². The fourth-order valence-electron chi connectivity index (χ4n) is 11.5. The third kappa shape index (κ3) is 6.26. The number of benzene rings is 10. The van der Waals surface area contributed by atoms with Gasteiger partial charge in [-0.25, -0.2) is 9.83 Å². The zero-order valence-corrected chi connectivity index (χ0v) is 39.9. The van der Waals surface area contributed by atoms with E-state index in [0.717, 1.165) is 66.4 Å². The smallest absolute Gasteiger partial charge is 0.237 e. The molecular weight excluding hydrogens is 893 g/mol. The number of rotatable bonds is 8. The van der Waals surface area contributed by atoms with Gasteiger partial charge in [-0.1, -0.05) is 194 Å². The van der Waals surface area contributed by atoms with E-state index in [9.17, 15) is 0 Å². The molecule has 0 N–H and O–H groups in total. The SMILES string of the molecule is [C-]#[N+]c1ccc2c(c1)c1ccccc1n2-c1cc(-c2ccc([Si](c3ccccc3)(c3ccccc3)c3ccccc3)cc2)nc(-n2c3ccccc3c3cc(-n4c5ccccc5c5ccccc54)ccc32)n1. The van der Waals surface area contributed by atoms with E-state index in [1.165, 1.54) is 42.6 Å². The van der Waals surface area contributed by atoms with Gasteiger partial charge in [0, 0.05) is 44.2 Å². The second kappa shape index (κ2) is 16.5. The molecule has 6 nitrogen and oxygen atoms in total. The Kier molecular flexibility index (Phi) is 9.49. The number of hydrogen-bond acceptors (Lipinski definition) is 2. The van der Waals surface area contributed by atoms with Crippen LogP contribution < -0.4 is 20.7 Å². The monoisotopic (exact) mass is 934 g/mol. The zero-order chi connectivity index (χ0) is 47.8. The molecule has 0 saturated heterocycles. The summed E-state index contributed by atoms with van der Waals surface area (Å²) in [6.45, 7) is 7.88. The van der Waals surface area contributed by atoms with Crippen molar-refractivity contribution >= 4 is 99.9 Å². The summed E-state index contributed by atoms with van der Waals surface area (Å²) < 4.78 is 6.83. The maximum atomic E-state index is 7.88. The zero-order valence-electron chi connectivity index (χ0n) is 38.9. The lowest BCUT2D eigenvalue weighted by molar-refractivity contribution is 0.952. The number of fused-ring (bicyclic) bond motifs is 9. The van der Waals surface area contributed by atoms with Crippen molar-refractivity contribution in [1.29, 1.82) is 0 Å². The van der Waals surface area contributed by atoms with Crippen LogP contribution >= 0.6 is 0 Å². The lowest BCUT2D eigenvalue weighted by Gasteiger charge is -2.34. The Bertz CT molecular complexity index is 4300. The molecule has 0 bridgehead atoms. The van der Waals surface area contributed by atoms with E-state index < -0.39 is 8.07 Å². The predicted octanol–water partition coefficient (Wildman–Crippen LogP) is 13.4. The van der Waals surface area contributed by atoms with Crippen molar-refractivity contribution in [2.45, 2.75) is 0 Å². The molecule has 14 aromatic rings. The molecule has 72 heavy (non-hydrogen) atoms. The Morgan fingerprint density at radius 1 is 0.333 bits per heavy atom. The van der Waals surface area contributed by atoms with Gasteiger partial charge in [0.05, 0.1) is 45.4 Å². The minimum atomic E-state index is -2.78. The highest BCUT2D eigenvalue weighted by Gasteiger charge is 2.41. The molecule has 336 valence electrons. The third-order valence-corrected chi connectivity index (χ3v) is 19.4. The Balaban J connectivity index is 1.01. The Morgan fingerprint density at radius 2 is 0.750 bits per heavy atom. The summed E-state index contributed by atoms with van der Waals surface area (Å²) in [5.74, 6) is 1.29. The van der Waals surface area contributed by atoms with Crippen molar-refractivity contribution in [3.8, 4) is 28.7 Å². The lowest BCUT2D eigenvalue weighted by atomic mass is 10.1. The molecule has 0 amide bonds. The van der Waals surface area contributed by atoms with Gasteiger partial charge in [0.25, 0.3) is 0 Å². The van der Waals surface area contributed by atoms with E-state index in [-0.39, 0.29) is 0 Å². The van der Waals surface area contributed by atoms with Crippen LogP contribution in [-0.4, -0.2) is 31.7 Å². The molecule has 4 aromatic heterocycles. The Morgan fingerprint density at radius 3 is 1.29 bits per heavy atom. The van der Waals surface area contributed by atoms with Crippen LogP contribution in [0.5, 0.6) is 0 Å². The largest absolute Gasteiger partial charge is 0.309 e. The first kappa shape index (κ1) is 41.4. The van der Waals surface area contributed by atoms with E-state index in [0.29, 0.717) is 11.6 Å². The Hall–Kier alpha value is -9.61. The van der Waals surface area contributed by atoms with Crippen molar-refractivity contribution in [1.82, 2.24) is 23.7 Å². The number of hydrogen-bond donors (Lipinski definition) is 0. The summed E-state index contributed by atoms with van der Waals surface area (Å²) in [4.78, 5) is 15.0. The molecule has 0 spiro atoms. The van der Waals surface area contributed by atoms with Crippen molar-refractivity contribution in [3.63, 3.8) is 0 Å². The normalized spacial score (nSPS) is 11.9. The molecule has 0 aliphatic heterocycles. The van der Waals surface area contributed by atoms with E-state index in [2.05, 4.69) is 261 Å². The molecule has 0 aliphatic carbocycles. The highest BCUT2D eigenvalue weighted by molar-refractivity contribution is 7.19. The van der Waals surface area contributed by atoms with Crippen molar-refractivity contribution < 1.29 is 0 Å². The van der Waals surface area contributed by atoms with Crippen molar-refractivity contribution in [2.24, 2.45) is 0 Å². The number of aromatic nitrogens is 5. The Labute approximate surface area is 416 Å². The van der Waals surface area contributed by atoms with Crippen molar-refractivity contribution in [2.75, 3.05) is 0 Å². The van der Waals surface area contributed by atoms with Crippen LogP contribution in [0.25, 0.3) is 99.0 Å². The van der Waals surface area contributed by atoms with Gasteiger partial charge < -0.3 is 4.57 Å². The highest BCUT2D eigenvalue weighted by atomic mass is 28.3. The molecule has 0 aliphatic rings. The van der Waals surface area contributed by atoms with Crippen LogP contribution in [0.3, 0.4) is 0 Å². The topological polar surface area (TPSA) is 44.9 Å². The molecule has 0 unspecified atom stereocenters. The van der Waals surface area contributed by atoms with Gasteiger partial charge in [0.2, 0.25) is 5.95 Å². The average molecular weight is 935 g/mol. The van der Waals surface area contributed by atoms with E-state index in [4.69, 9.17) is 16.5 Å². The molecule has 0 radical (unpaired) electrons. The molecule has 0 fully saturated rings. The van der Waals surface area contributed by atoms with Gasteiger partial charge in [-0.3, -0.25) is 9.13 Å². The minimum absolute atomic E-state index is 0.563. The summed E-state index contributed by atoms with van der Waals surface area (Å²) >= 11 is 0. The second-order valence-corrected chi connectivity index (χ2v) is 22.2. The quantitative estimate of drug-likeness (QED) is 0.0866. The maximum absolute atomic E-state index is 7.88. The fourth-order valence-corrected chi connectivity index (χ4v) is 16.3. The summed E-state index contributed by atoms with van der Waals surface area (Å²) in [5.41, 5.74) is 9.78. The van der Waals surface area contributed by atoms with Crippen LogP contribution in [0, 0.1) is 6.57 Å². The van der Waals surface area contributed by atoms with Gasteiger partial charge >= 0.3 is 0 Å². The fraction of sp³-hybridized carbons (Fsp3) is 0. The van der Waals surface area contributed by atoms with Crippen molar-refractivity contribution in [3.05, 3.63) is 266 Å². The van der Waals surface area contributed by atoms with Gasteiger partial charge in [0.1, 0.15) is 5.82 Å². The summed E-state index contributed by atoms with van der Waals surface area (Å²) in [6, 6.07) is 91.4. The minimum Gasteiger partial charge on any atom is -0.309 e. The third-order valence-electron chi connectivity index (χ3n) is 14.6. The van der Waals surface area contributed by atoms with Gasteiger partial charge in [-0.2, -0.15) is 4.98 Å². The molecule has 10 aromatic carbocycles. The van der Waals surface area contributed by atoms with Crippen LogP contribution in [0.4, 0.5) is 5.69 Å². The standard InChI is InChI=1S/C65H42N6Si/c1-66-45-35-39-62-55(41-45)53-27-13-17-31-60(53)70(62)64-43-57(44-33-37-50(38-34-44)72(47-19-5-2-6-20-47,48-21-7-3-8-22-48)49-23-9-4-10-24-49)67-65(68-64)71-61-32-18-14-28-54(61)56-42-46(36-40-63(56)71)69-58-29-15-11-25-51(58)52-26-12-16-30-59(52)69/h2-43H. The molecule has 0 atom stereocenters. The first-order valence-electron chi connectivity index (χ1n) is 24.3. The van der Waals surface area contributed by atoms with Gasteiger partial charge in [0.15, 0.2) is 13.8 Å². The van der Waals surface area contributed by atoms with Crippen LogP contribution in [0.1, 0.15) is 0 Å². The first-order chi connectivity index (χ1) is 35.7. The van der Waals surface area contributed by atoms with E-state index >= 15 is 0 Å². The molecule has 14 rings (SSSR count). The number of para-hydroxylation sites is 4. The summed E-state index contributed by atoms with van der Waals surface area (Å²) in [6.07, 6.45) is 0. The predicted molar refractivity (Wildman–Crippen MR) is 300 cm³/mol. The van der Waals surface area contributed by atoms with E-state index in [1.807, 2.05) is 12.1 Å². The van der Waals surface area contributed by atoms with Crippen LogP contribution in [-0.2, 0) is 0 Å². The highest BCUT2D eigenvalue weighted by Crippen LogP contribution is 2.39. The van der Waals surface area contributed by atoms with Crippen LogP contribution in [0.15, 0.2) is 255 Å². The van der Waals surface area contributed by atoms with Gasteiger partial charge in [-0.05, 0) is 80.7 Å². The second-order valence-electron chi connectivity index (χ2n) is 18.4. The molecule has 0 saturated carbocycles. The number of nitrogens with zero attached hydrogens (tertiary/aromatic N) is 6. The van der Waals surface area contributed by atoms with Crippen LogP contribution in [0.2, 0.25) is 0 Å². The first-order valence-corrected chi connectivity index (χ1v) is 26.3. The maximum Gasteiger partial charge on any atom is 0.237 e. The molecule has 7 heteroatoms.